The van der Waals surface area contributed by atoms with Gasteiger partial charge in [-0.3, -0.25) is 0 Å². The number of hydrogen-bond acceptors (Lipinski definition) is 2. The Bertz CT molecular complexity index is 740. The first-order chi connectivity index (χ1) is 10.3. The highest BCUT2D eigenvalue weighted by Gasteiger charge is 2.79. The van der Waals surface area contributed by atoms with E-state index in [1.165, 1.54) is 19.6 Å². The summed E-state index contributed by atoms with van der Waals surface area (Å²) in [4.78, 5) is 5.84. The van der Waals surface area contributed by atoms with E-state index in [2.05, 4.69) is 54.6 Å². The molecule has 0 amide bonds. The summed E-state index contributed by atoms with van der Waals surface area (Å²) in [5.74, 6) is 0. The average Bonchev–Trinajstić information content (AvgIpc) is 2.44. The molecule has 1 aliphatic heterocycles. The van der Waals surface area contributed by atoms with Gasteiger partial charge in [-0.15, -0.1) is 0 Å². The van der Waals surface area contributed by atoms with Gasteiger partial charge in [-0.2, -0.15) is 5.26 Å². The lowest BCUT2D eigenvalue weighted by atomic mass is 9.44. The molecule has 4 aliphatic rings. The van der Waals surface area contributed by atoms with Crippen LogP contribution in [0.15, 0.2) is 68.1 Å². The van der Waals surface area contributed by atoms with Crippen LogP contribution >= 0.6 is 11.8 Å². The monoisotopic (exact) mass is 308 g/mol. The highest BCUT2D eigenvalue weighted by molar-refractivity contribution is 8.04. The number of fused-ring (bicyclic) bond motifs is 2. The van der Waals surface area contributed by atoms with Crippen molar-refractivity contribution in [3.8, 4) is 6.07 Å². The Labute approximate surface area is 131 Å². The first-order valence-corrected chi connectivity index (χ1v) is 9.31. The zero-order chi connectivity index (χ0) is 14.1. The zero-order valence-electron chi connectivity index (χ0n) is 11.5. The molecule has 2 aromatic carbocycles. The lowest BCUT2D eigenvalue weighted by molar-refractivity contribution is -0.0211. The average molecular weight is 308 g/mol. The highest BCUT2D eigenvalue weighted by Crippen LogP contribution is 2.74. The smallest absolute Gasteiger partial charge is 0.175 e. The van der Waals surface area contributed by atoms with Gasteiger partial charge >= 0.3 is 0 Å². The summed E-state index contributed by atoms with van der Waals surface area (Å²) < 4.78 is 0.378. The first kappa shape index (κ1) is 12.2. The van der Waals surface area contributed by atoms with Crippen molar-refractivity contribution in [2.24, 2.45) is 5.41 Å². The molecule has 3 heteroatoms. The van der Waals surface area contributed by atoms with E-state index in [0.29, 0.717) is 4.75 Å². The maximum absolute atomic E-state index is 9.34. The second kappa shape index (κ2) is 3.88. The van der Waals surface area contributed by atoms with Crippen LogP contribution in [0.25, 0.3) is 0 Å². The van der Waals surface area contributed by atoms with Gasteiger partial charge in [0.25, 0.3) is 0 Å². The Hall–Kier alpha value is -1.37. The number of hydrogen-bond donors (Lipinski definition) is 0. The number of rotatable bonds is 1. The molecule has 102 valence electrons. The summed E-state index contributed by atoms with van der Waals surface area (Å²) in [5, 5.41) is 9.34. The molecule has 21 heavy (non-hydrogen) atoms. The molecule has 0 N–H and O–H groups in total. The molecule has 0 spiro atoms. The van der Waals surface area contributed by atoms with Gasteiger partial charge in [0.05, 0.1) is 32.2 Å². The topological polar surface area (TPSA) is 23.8 Å². The van der Waals surface area contributed by atoms with Crippen molar-refractivity contribution in [1.82, 2.24) is 0 Å². The van der Waals surface area contributed by atoms with Gasteiger partial charge in [0.2, 0.25) is 0 Å². The molecule has 1 heterocycles. The van der Waals surface area contributed by atoms with Gasteiger partial charge in [-0.25, -0.2) is 0 Å². The molecule has 6 rings (SSSR count). The Morgan fingerprint density at radius 1 is 0.905 bits per heavy atom. The zero-order valence-corrected chi connectivity index (χ0v) is 13.1. The van der Waals surface area contributed by atoms with Gasteiger partial charge in [0, 0.05) is 19.3 Å². The summed E-state index contributed by atoms with van der Waals surface area (Å²) in [6.07, 6.45) is 3.31. The van der Waals surface area contributed by atoms with Crippen LogP contribution in [0.2, 0.25) is 0 Å². The van der Waals surface area contributed by atoms with Crippen molar-refractivity contribution in [3.05, 3.63) is 48.5 Å². The highest BCUT2D eigenvalue weighted by atomic mass is 32.2. The van der Waals surface area contributed by atoms with Crippen molar-refractivity contribution in [1.29, 1.82) is 5.26 Å². The summed E-state index contributed by atoms with van der Waals surface area (Å²) in [7, 11) is 0.148. The standard InChI is InChI=1S/C18H14NS2/c19-12-17-9-18(10-17,11-17)21-15-7-3-1-5-13(15)20-14-6-2-4-8-16(14)21/h1-8H,9-11H2/q+1. The lowest BCUT2D eigenvalue weighted by Gasteiger charge is -2.63. The van der Waals surface area contributed by atoms with Crippen molar-refractivity contribution in [2.45, 2.75) is 43.6 Å². The number of benzene rings is 2. The molecule has 0 radical (unpaired) electrons. The van der Waals surface area contributed by atoms with Crippen LogP contribution in [-0.2, 0) is 10.9 Å². The summed E-state index contributed by atoms with van der Waals surface area (Å²) >= 11 is 1.90. The van der Waals surface area contributed by atoms with E-state index >= 15 is 0 Å². The molecule has 3 saturated carbocycles. The van der Waals surface area contributed by atoms with Crippen molar-refractivity contribution in [3.63, 3.8) is 0 Å². The molecule has 1 nitrogen and oxygen atoms in total. The van der Waals surface area contributed by atoms with E-state index < -0.39 is 0 Å². The molecule has 2 aromatic rings. The van der Waals surface area contributed by atoms with Crippen molar-refractivity contribution < 1.29 is 0 Å². The maximum atomic E-state index is 9.34. The van der Waals surface area contributed by atoms with Crippen LogP contribution in [0.4, 0.5) is 0 Å². The van der Waals surface area contributed by atoms with E-state index in [4.69, 9.17) is 0 Å². The van der Waals surface area contributed by atoms with Crippen LogP contribution in [-0.4, -0.2) is 4.75 Å². The third-order valence-corrected chi connectivity index (χ3v) is 9.31. The quantitative estimate of drug-likeness (QED) is 0.717. The van der Waals surface area contributed by atoms with Crippen LogP contribution in [0, 0.1) is 16.7 Å². The molecule has 0 unspecified atom stereocenters. The fourth-order valence-corrected chi connectivity index (χ4v) is 9.16. The third kappa shape index (κ3) is 1.45. The Kier molecular flexibility index (Phi) is 2.25. The van der Waals surface area contributed by atoms with E-state index in [1.54, 1.807) is 0 Å². The summed E-state index contributed by atoms with van der Waals surface area (Å²) in [6.45, 7) is 0. The second-order valence-electron chi connectivity index (χ2n) is 6.41. The van der Waals surface area contributed by atoms with Gasteiger partial charge in [-0.05, 0) is 24.3 Å². The molecular formula is C18H14NS2+. The molecule has 0 saturated heterocycles. The van der Waals surface area contributed by atoms with Gasteiger partial charge in [-0.1, -0.05) is 36.0 Å². The van der Waals surface area contributed by atoms with E-state index in [0.717, 1.165) is 19.3 Å². The van der Waals surface area contributed by atoms with Crippen LogP contribution in [0.3, 0.4) is 0 Å². The van der Waals surface area contributed by atoms with Gasteiger partial charge in [0.1, 0.15) is 4.75 Å². The fraction of sp³-hybridized carbons (Fsp3) is 0.278. The summed E-state index contributed by atoms with van der Waals surface area (Å²) in [6, 6.07) is 20.3. The normalized spacial score (nSPS) is 32.1. The Morgan fingerprint density at radius 3 is 1.95 bits per heavy atom. The fourth-order valence-electron chi connectivity index (χ4n) is 4.14. The molecule has 0 aromatic heterocycles. The van der Waals surface area contributed by atoms with Crippen molar-refractivity contribution in [2.75, 3.05) is 0 Å². The number of nitriles is 1. The van der Waals surface area contributed by atoms with Gasteiger partial charge < -0.3 is 0 Å². The SMILES string of the molecule is N#CC12CC([S+]3c4ccccc4Sc4ccccc43)(C1)C2. The largest absolute Gasteiger partial charge is 0.198 e. The predicted octanol–water partition coefficient (Wildman–Crippen LogP) is 4.63. The molecule has 0 atom stereocenters. The van der Waals surface area contributed by atoms with E-state index in [1.807, 2.05) is 11.8 Å². The number of nitrogens with zero attached hydrogens (tertiary/aromatic N) is 1. The second-order valence-corrected chi connectivity index (χ2v) is 9.85. The minimum absolute atomic E-state index is 0.0292. The first-order valence-electron chi connectivity index (χ1n) is 7.27. The predicted molar refractivity (Wildman–Crippen MR) is 85.5 cm³/mol. The van der Waals surface area contributed by atoms with Crippen LogP contribution in [0.5, 0.6) is 0 Å². The maximum Gasteiger partial charge on any atom is 0.175 e. The van der Waals surface area contributed by atoms with E-state index in [9.17, 15) is 5.26 Å². The molecule has 2 bridgehead atoms. The Balaban J connectivity index is 1.67. The lowest BCUT2D eigenvalue weighted by Crippen LogP contribution is -2.70. The minimum Gasteiger partial charge on any atom is -0.198 e. The van der Waals surface area contributed by atoms with Crippen LogP contribution < -0.4 is 0 Å². The molecule has 3 aliphatic carbocycles. The van der Waals surface area contributed by atoms with Crippen molar-refractivity contribution >= 4 is 22.7 Å². The summed E-state index contributed by atoms with van der Waals surface area (Å²) in [5.41, 5.74) is 0.0292. The molecule has 3 fully saturated rings. The Morgan fingerprint density at radius 2 is 1.43 bits per heavy atom. The minimum atomic E-state index is 0.0292. The van der Waals surface area contributed by atoms with Gasteiger partial charge in [0.15, 0.2) is 9.79 Å². The van der Waals surface area contributed by atoms with Crippen LogP contribution in [0.1, 0.15) is 19.3 Å². The molecular weight excluding hydrogens is 294 g/mol. The third-order valence-electron chi connectivity index (χ3n) is 5.01. The van der Waals surface area contributed by atoms with E-state index in [-0.39, 0.29) is 16.3 Å².